The molecular weight excluding hydrogens is 285 g/mol. The molecule has 2 atom stereocenters. The lowest BCUT2D eigenvalue weighted by Crippen LogP contribution is -2.31. The number of hydrogen-bond acceptors (Lipinski definition) is 3. The lowest BCUT2D eigenvalue weighted by Gasteiger charge is -2.27. The standard InChI is InChI=1S/C14H19F3N2S/c1-2-6-19-13(12-4-3-8-20-12)10-9-18-7-5-11(10)14(15,16)17/h5,7,9,12-13,19H,2-4,6,8H2,1H3. The van der Waals surface area contributed by atoms with Crippen molar-refractivity contribution in [2.75, 3.05) is 12.3 Å². The summed E-state index contributed by atoms with van der Waals surface area (Å²) in [5.74, 6) is 1.02. The number of aromatic nitrogens is 1. The van der Waals surface area contributed by atoms with Gasteiger partial charge in [0, 0.05) is 29.2 Å². The molecule has 0 aromatic carbocycles. The number of hydrogen-bond donors (Lipinski definition) is 1. The molecule has 0 radical (unpaired) electrons. The van der Waals surface area contributed by atoms with Gasteiger partial charge < -0.3 is 5.32 Å². The minimum absolute atomic E-state index is 0.201. The molecule has 2 nitrogen and oxygen atoms in total. The van der Waals surface area contributed by atoms with Crippen LogP contribution in [0.5, 0.6) is 0 Å². The van der Waals surface area contributed by atoms with Crippen LogP contribution >= 0.6 is 11.8 Å². The van der Waals surface area contributed by atoms with Gasteiger partial charge in [0.1, 0.15) is 0 Å². The van der Waals surface area contributed by atoms with Crippen molar-refractivity contribution in [1.29, 1.82) is 0 Å². The second-order valence-corrected chi connectivity index (χ2v) is 6.29. The van der Waals surface area contributed by atoms with Crippen LogP contribution < -0.4 is 5.32 Å². The highest BCUT2D eigenvalue weighted by Crippen LogP contribution is 2.40. The van der Waals surface area contributed by atoms with E-state index in [0.717, 1.165) is 31.1 Å². The van der Waals surface area contributed by atoms with Crippen molar-refractivity contribution in [2.45, 2.75) is 43.7 Å². The molecule has 20 heavy (non-hydrogen) atoms. The Labute approximate surface area is 121 Å². The molecule has 1 aromatic rings. The number of alkyl halides is 3. The van der Waals surface area contributed by atoms with Gasteiger partial charge in [-0.3, -0.25) is 4.98 Å². The summed E-state index contributed by atoms with van der Waals surface area (Å²) >= 11 is 1.76. The van der Waals surface area contributed by atoms with Crippen molar-refractivity contribution in [1.82, 2.24) is 10.3 Å². The van der Waals surface area contributed by atoms with E-state index in [9.17, 15) is 13.2 Å². The fourth-order valence-electron chi connectivity index (χ4n) is 2.52. The Morgan fingerprint density at radius 3 is 2.90 bits per heavy atom. The second-order valence-electron chi connectivity index (χ2n) is 4.94. The van der Waals surface area contributed by atoms with Gasteiger partial charge in [-0.25, -0.2) is 0 Å². The number of pyridine rings is 1. The Morgan fingerprint density at radius 2 is 2.30 bits per heavy atom. The average molecular weight is 304 g/mol. The summed E-state index contributed by atoms with van der Waals surface area (Å²) in [4.78, 5) is 3.91. The van der Waals surface area contributed by atoms with Crippen LogP contribution in [-0.4, -0.2) is 22.5 Å². The topological polar surface area (TPSA) is 24.9 Å². The van der Waals surface area contributed by atoms with Gasteiger partial charge in [0.15, 0.2) is 0 Å². The van der Waals surface area contributed by atoms with Crippen LogP contribution in [0.4, 0.5) is 13.2 Å². The molecular formula is C14H19F3N2S. The quantitative estimate of drug-likeness (QED) is 0.889. The van der Waals surface area contributed by atoms with Crippen molar-refractivity contribution in [2.24, 2.45) is 0 Å². The van der Waals surface area contributed by atoms with E-state index in [0.29, 0.717) is 6.54 Å². The van der Waals surface area contributed by atoms with Crippen LogP contribution in [0.15, 0.2) is 18.5 Å². The summed E-state index contributed by atoms with van der Waals surface area (Å²) in [7, 11) is 0. The first-order valence-corrected chi connectivity index (χ1v) is 7.95. The zero-order valence-electron chi connectivity index (χ0n) is 11.4. The fourth-order valence-corrected chi connectivity index (χ4v) is 3.92. The van der Waals surface area contributed by atoms with Crippen LogP contribution in [0.25, 0.3) is 0 Å². The highest BCUT2D eigenvalue weighted by Gasteiger charge is 2.37. The van der Waals surface area contributed by atoms with Crippen molar-refractivity contribution in [3.63, 3.8) is 0 Å². The minimum atomic E-state index is -4.33. The van der Waals surface area contributed by atoms with Gasteiger partial charge in [0.25, 0.3) is 0 Å². The van der Waals surface area contributed by atoms with E-state index >= 15 is 0 Å². The maximum absolute atomic E-state index is 13.2. The predicted octanol–water partition coefficient (Wildman–Crippen LogP) is 4.04. The molecule has 1 fully saturated rings. The Kier molecular flexibility index (Phi) is 5.32. The van der Waals surface area contributed by atoms with Crippen molar-refractivity contribution < 1.29 is 13.2 Å². The van der Waals surface area contributed by atoms with Crippen LogP contribution in [0, 0.1) is 0 Å². The molecule has 0 bridgehead atoms. The largest absolute Gasteiger partial charge is 0.416 e. The summed E-state index contributed by atoms with van der Waals surface area (Å²) in [5.41, 5.74) is -0.276. The third-order valence-electron chi connectivity index (χ3n) is 3.44. The molecule has 1 saturated heterocycles. The molecule has 0 spiro atoms. The van der Waals surface area contributed by atoms with Crippen LogP contribution in [0.3, 0.4) is 0 Å². The Bertz CT molecular complexity index is 431. The van der Waals surface area contributed by atoms with Gasteiger partial charge in [0.2, 0.25) is 0 Å². The summed E-state index contributed by atoms with van der Waals surface area (Å²) < 4.78 is 39.5. The van der Waals surface area contributed by atoms with Gasteiger partial charge in [0.05, 0.1) is 5.56 Å². The van der Waals surface area contributed by atoms with E-state index in [1.807, 2.05) is 6.92 Å². The molecule has 0 saturated carbocycles. The third-order valence-corrected chi connectivity index (χ3v) is 4.90. The zero-order valence-corrected chi connectivity index (χ0v) is 12.2. The van der Waals surface area contributed by atoms with Gasteiger partial charge in [-0.05, 0) is 37.6 Å². The molecule has 2 heterocycles. The first-order valence-electron chi connectivity index (χ1n) is 6.90. The normalized spacial score (nSPS) is 21.1. The van der Waals surface area contributed by atoms with E-state index in [2.05, 4.69) is 10.3 Å². The maximum Gasteiger partial charge on any atom is 0.416 e. The van der Waals surface area contributed by atoms with Crippen molar-refractivity contribution in [3.8, 4) is 0 Å². The second kappa shape index (κ2) is 6.80. The van der Waals surface area contributed by atoms with Crippen LogP contribution in [0.1, 0.15) is 43.4 Å². The van der Waals surface area contributed by atoms with Gasteiger partial charge in [-0.1, -0.05) is 6.92 Å². The molecule has 112 valence electrons. The van der Waals surface area contributed by atoms with E-state index in [-0.39, 0.29) is 16.9 Å². The summed E-state index contributed by atoms with van der Waals surface area (Å²) in [6, 6.07) is 0.808. The molecule has 0 amide bonds. The maximum atomic E-state index is 13.2. The van der Waals surface area contributed by atoms with E-state index in [1.165, 1.54) is 12.4 Å². The molecule has 1 aliphatic heterocycles. The SMILES string of the molecule is CCCNC(c1cnccc1C(F)(F)F)C1CCCS1. The molecule has 1 aromatic heterocycles. The summed E-state index contributed by atoms with van der Waals surface area (Å²) in [6.07, 6.45) is 1.18. The lowest BCUT2D eigenvalue weighted by molar-refractivity contribution is -0.138. The van der Waals surface area contributed by atoms with E-state index < -0.39 is 11.7 Å². The van der Waals surface area contributed by atoms with Crippen LogP contribution in [-0.2, 0) is 6.18 Å². The van der Waals surface area contributed by atoms with Gasteiger partial charge in [-0.2, -0.15) is 24.9 Å². The molecule has 0 aliphatic carbocycles. The number of nitrogens with zero attached hydrogens (tertiary/aromatic N) is 1. The first-order chi connectivity index (χ1) is 9.54. The monoisotopic (exact) mass is 304 g/mol. The summed E-state index contributed by atoms with van der Waals surface area (Å²) in [5, 5.41) is 3.48. The lowest BCUT2D eigenvalue weighted by atomic mass is 9.97. The van der Waals surface area contributed by atoms with Gasteiger partial charge >= 0.3 is 6.18 Å². The molecule has 1 aliphatic rings. The first kappa shape index (κ1) is 15.6. The number of thioether (sulfide) groups is 1. The number of nitrogens with one attached hydrogen (secondary N) is 1. The van der Waals surface area contributed by atoms with E-state index in [4.69, 9.17) is 0 Å². The fraction of sp³-hybridized carbons (Fsp3) is 0.643. The molecule has 2 unspecified atom stereocenters. The Morgan fingerprint density at radius 1 is 1.50 bits per heavy atom. The van der Waals surface area contributed by atoms with Crippen LogP contribution in [0.2, 0.25) is 0 Å². The minimum Gasteiger partial charge on any atom is -0.309 e. The average Bonchev–Trinajstić information content (AvgIpc) is 2.92. The number of rotatable bonds is 5. The smallest absolute Gasteiger partial charge is 0.309 e. The Hall–Kier alpha value is -0.750. The van der Waals surface area contributed by atoms with Crippen molar-refractivity contribution in [3.05, 3.63) is 29.6 Å². The molecule has 2 rings (SSSR count). The Balaban J connectivity index is 2.32. The molecule has 1 N–H and O–H groups in total. The van der Waals surface area contributed by atoms with Gasteiger partial charge in [-0.15, -0.1) is 0 Å². The summed E-state index contributed by atoms with van der Waals surface area (Å²) in [6.45, 7) is 2.73. The highest BCUT2D eigenvalue weighted by molar-refractivity contribution is 8.00. The molecule has 6 heteroatoms. The number of halogens is 3. The zero-order chi connectivity index (χ0) is 14.6. The van der Waals surface area contributed by atoms with E-state index in [1.54, 1.807) is 11.8 Å². The highest BCUT2D eigenvalue weighted by atomic mass is 32.2. The predicted molar refractivity (Wildman–Crippen MR) is 75.8 cm³/mol. The third kappa shape index (κ3) is 3.67. The van der Waals surface area contributed by atoms with Crippen molar-refractivity contribution >= 4 is 11.8 Å².